The zero-order valence-electron chi connectivity index (χ0n) is 19.4. The topological polar surface area (TPSA) is 73.5 Å². The summed E-state index contributed by atoms with van der Waals surface area (Å²) in [5, 5.41) is 9.57. The summed E-state index contributed by atoms with van der Waals surface area (Å²) in [6, 6.07) is 14.4. The number of nitrogens with zero attached hydrogens (tertiary/aromatic N) is 1. The minimum Gasteiger partial charge on any atom is -0.350 e. The Hall–Kier alpha value is -2.70. The van der Waals surface area contributed by atoms with Crippen molar-refractivity contribution in [3.05, 3.63) is 64.7 Å². The van der Waals surface area contributed by atoms with Gasteiger partial charge in [-0.1, -0.05) is 24.6 Å². The maximum Gasteiger partial charge on any atom is 0.251 e. The number of benzene rings is 2. The van der Waals surface area contributed by atoms with Crippen LogP contribution in [0.5, 0.6) is 0 Å². The van der Waals surface area contributed by atoms with E-state index in [1.807, 2.05) is 30.3 Å². The number of likely N-dealkylation sites (tertiary alicyclic amines) is 1. The third-order valence-corrected chi connectivity index (χ3v) is 7.51. The Morgan fingerprint density at radius 3 is 2.76 bits per heavy atom. The fourth-order valence-corrected chi connectivity index (χ4v) is 5.24. The van der Waals surface area contributed by atoms with Crippen molar-refractivity contribution in [3.63, 3.8) is 0 Å². The van der Waals surface area contributed by atoms with E-state index in [0.717, 1.165) is 50.1 Å². The van der Waals surface area contributed by atoms with Crippen LogP contribution in [0, 0.1) is 5.92 Å². The van der Waals surface area contributed by atoms with Crippen LogP contribution in [0.15, 0.2) is 42.5 Å². The molecule has 3 atom stereocenters. The zero-order chi connectivity index (χ0) is 22.8. The van der Waals surface area contributed by atoms with Crippen molar-refractivity contribution < 1.29 is 9.59 Å². The third kappa shape index (κ3) is 5.12. The number of nitrogens with one attached hydrogen (secondary N) is 3. The Morgan fingerprint density at radius 1 is 1.09 bits per heavy atom. The van der Waals surface area contributed by atoms with Gasteiger partial charge in [-0.05, 0) is 92.7 Å². The smallest absolute Gasteiger partial charge is 0.251 e. The molecule has 2 aromatic rings. The van der Waals surface area contributed by atoms with Gasteiger partial charge in [-0.3, -0.25) is 9.59 Å². The van der Waals surface area contributed by atoms with Gasteiger partial charge >= 0.3 is 0 Å². The van der Waals surface area contributed by atoms with Crippen LogP contribution in [0.3, 0.4) is 0 Å². The normalized spacial score (nSPS) is 24.6. The number of anilines is 1. The van der Waals surface area contributed by atoms with Crippen molar-refractivity contribution in [2.45, 2.75) is 50.6 Å². The molecule has 1 saturated carbocycles. The van der Waals surface area contributed by atoms with Gasteiger partial charge < -0.3 is 20.9 Å². The van der Waals surface area contributed by atoms with Crippen LogP contribution >= 0.6 is 0 Å². The molecule has 0 radical (unpaired) electrons. The lowest BCUT2D eigenvalue weighted by molar-refractivity contribution is -0.117. The monoisotopic (exact) mass is 446 g/mol. The molecule has 0 spiro atoms. The van der Waals surface area contributed by atoms with Gasteiger partial charge in [-0.15, -0.1) is 0 Å². The molecule has 0 aromatic heterocycles. The summed E-state index contributed by atoms with van der Waals surface area (Å²) >= 11 is 0. The molecule has 2 fully saturated rings. The molecule has 1 unspecified atom stereocenters. The van der Waals surface area contributed by atoms with E-state index in [0.29, 0.717) is 18.2 Å². The summed E-state index contributed by atoms with van der Waals surface area (Å²) in [5.41, 5.74) is 5.35. The summed E-state index contributed by atoms with van der Waals surface area (Å²) in [5.74, 6) is 0.310. The molecule has 0 bridgehead atoms. The molecule has 3 aliphatic rings. The van der Waals surface area contributed by atoms with Gasteiger partial charge in [0, 0.05) is 36.3 Å². The number of carbonyl (C=O) groups is 2. The number of rotatable bonds is 6. The minimum atomic E-state index is -0.0202. The van der Waals surface area contributed by atoms with Crippen molar-refractivity contribution in [1.29, 1.82) is 0 Å². The zero-order valence-corrected chi connectivity index (χ0v) is 19.4. The highest BCUT2D eigenvalue weighted by molar-refractivity contribution is 5.96. The van der Waals surface area contributed by atoms with E-state index in [1.54, 1.807) is 0 Å². The minimum absolute atomic E-state index is 0.00390. The van der Waals surface area contributed by atoms with E-state index < -0.39 is 0 Å². The maximum atomic E-state index is 12.8. The summed E-state index contributed by atoms with van der Waals surface area (Å²) in [6.45, 7) is 3.69. The average Bonchev–Trinajstić information content (AvgIpc) is 3.65. The second-order valence-electron chi connectivity index (χ2n) is 9.81. The highest BCUT2D eigenvalue weighted by atomic mass is 16.2. The molecule has 2 aliphatic heterocycles. The van der Waals surface area contributed by atoms with Crippen molar-refractivity contribution in [1.82, 2.24) is 15.5 Å². The van der Waals surface area contributed by atoms with Gasteiger partial charge in [0.25, 0.3) is 5.91 Å². The molecule has 174 valence electrons. The molecule has 1 aliphatic carbocycles. The fraction of sp³-hybridized carbons (Fsp3) is 0.481. The predicted octanol–water partition coefficient (Wildman–Crippen LogP) is 3.29. The molecule has 2 aromatic carbocycles. The molecule has 6 heteroatoms. The van der Waals surface area contributed by atoms with Crippen molar-refractivity contribution in [2.24, 2.45) is 5.92 Å². The van der Waals surface area contributed by atoms with Crippen LogP contribution in [0.2, 0.25) is 0 Å². The Morgan fingerprint density at radius 2 is 1.94 bits per heavy atom. The first kappa shape index (κ1) is 22.1. The van der Waals surface area contributed by atoms with E-state index in [-0.39, 0.29) is 23.7 Å². The van der Waals surface area contributed by atoms with Gasteiger partial charge in [-0.2, -0.15) is 0 Å². The van der Waals surface area contributed by atoms with E-state index >= 15 is 0 Å². The predicted molar refractivity (Wildman–Crippen MR) is 130 cm³/mol. The van der Waals surface area contributed by atoms with E-state index in [2.05, 4.69) is 40.0 Å². The number of hydrogen-bond acceptors (Lipinski definition) is 4. The van der Waals surface area contributed by atoms with Crippen molar-refractivity contribution in [2.75, 3.05) is 32.0 Å². The summed E-state index contributed by atoms with van der Waals surface area (Å²) < 4.78 is 0. The summed E-state index contributed by atoms with van der Waals surface area (Å²) in [7, 11) is 2.13. The van der Waals surface area contributed by atoms with Crippen molar-refractivity contribution in [3.8, 4) is 0 Å². The van der Waals surface area contributed by atoms with E-state index in [4.69, 9.17) is 0 Å². The molecule has 33 heavy (non-hydrogen) atoms. The van der Waals surface area contributed by atoms with E-state index in [1.165, 1.54) is 24.0 Å². The van der Waals surface area contributed by atoms with Gasteiger partial charge in [0.1, 0.15) is 0 Å². The number of amides is 2. The number of carbonyl (C=O) groups excluding carboxylic acids is 2. The molecule has 3 N–H and O–H groups in total. The summed E-state index contributed by atoms with van der Waals surface area (Å²) in [4.78, 5) is 27.7. The lowest BCUT2D eigenvalue weighted by Crippen LogP contribution is -2.44. The first-order valence-corrected chi connectivity index (χ1v) is 12.3. The Balaban J connectivity index is 1.13. The number of hydrogen-bond donors (Lipinski definition) is 3. The number of piperidine rings is 1. The first-order valence-electron chi connectivity index (χ1n) is 12.3. The van der Waals surface area contributed by atoms with Crippen LogP contribution in [0.4, 0.5) is 5.69 Å². The van der Waals surface area contributed by atoms with Crippen LogP contribution in [0.25, 0.3) is 0 Å². The lowest BCUT2D eigenvalue weighted by atomic mass is 10.0. The van der Waals surface area contributed by atoms with Gasteiger partial charge in [0.2, 0.25) is 5.91 Å². The van der Waals surface area contributed by atoms with Crippen molar-refractivity contribution >= 4 is 17.5 Å². The maximum absolute atomic E-state index is 12.8. The van der Waals surface area contributed by atoms with Crippen LogP contribution in [-0.2, 0) is 17.8 Å². The Kier molecular flexibility index (Phi) is 6.47. The second kappa shape index (κ2) is 9.65. The van der Waals surface area contributed by atoms with Crippen LogP contribution in [0.1, 0.15) is 58.6 Å². The Labute approximate surface area is 196 Å². The average molecular weight is 447 g/mol. The number of likely N-dealkylation sites (N-methyl/N-ethyl adjacent to an activating group) is 1. The van der Waals surface area contributed by atoms with E-state index in [9.17, 15) is 9.59 Å². The quantitative estimate of drug-likeness (QED) is 0.637. The molecule has 5 rings (SSSR count). The molecule has 2 amide bonds. The van der Waals surface area contributed by atoms with Gasteiger partial charge in [-0.25, -0.2) is 0 Å². The molecule has 2 heterocycles. The largest absolute Gasteiger partial charge is 0.350 e. The molecule has 6 nitrogen and oxygen atoms in total. The molecular weight excluding hydrogens is 412 g/mol. The highest BCUT2D eigenvalue weighted by Crippen LogP contribution is 2.48. The lowest BCUT2D eigenvalue weighted by Gasteiger charge is -2.32. The SMILES string of the molecule is CN1CCCCC1CNC(=O)c1ccc([C@@H]2C[C@H]2C(=O)Nc2ccc3c(c2)CCNC3)cc1. The highest BCUT2D eigenvalue weighted by Gasteiger charge is 2.44. The van der Waals surface area contributed by atoms with Crippen LogP contribution < -0.4 is 16.0 Å². The standard InChI is InChI=1S/C27H34N4O2/c1-31-13-3-2-4-23(31)17-29-26(32)19-7-5-18(6-8-19)24-15-25(24)27(33)30-22-10-9-21-16-28-12-11-20(21)14-22/h5-10,14,23-25,28H,2-4,11-13,15-17H2,1H3,(H,29,32)(H,30,33)/t23?,24-,25+/m0/s1. The van der Waals surface area contributed by atoms with Crippen LogP contribution in [-0.4, -0.2) is 49.4 Å². The van der Waals surface area contributed by atoms with Gasteiger partial charge in [0.05, 0.1) is 0 Å². The summed E-state index contributed by atoms with van der Waals surface area (Å²) in [6.07, 6.45) is 5.49. The number of fused-ring (bicyclic) bond motifs is 1. The Bertz CT molecular complexity index is 1020. The molecule has 1 saturated heterocycles. The second-order valence-corrected chi connectivity index (χ2v) is 9.81. The third-order valence-electron chi connectivity index (χ3n) is 7.51. The fourth-order valence-electron chi connectivity index (χ4n) is 5.24. The van der Waals surface area contributed by atoms with Gasteiger partial charge in [0.15, 0.2) is 0 Å². The molecular formula is C27H34N4O2. The first-order chi connectivity index (χ1) is 16.1.